The van der Waals surface area contributed by atoms with Crippen LogP contribution in [0.3, 0.4) is 0 Å². The van der Waals surface area contributed by atoms with E-state index < -0.39 is 4.92 Å². The number of anilines is 1. The number of hydrogen-bond donors (Lipinski definition) is 2. The summed E-state index contributed by atoms with van der Waals surface area (Å²) in [5.41, 5.74) is 11.1. The largest absolute Gasteiger partial charge is 0.379 e. The van der Waals surface area contributed by atoms with E-state index in [-0.39, 0.29) is 29.6 Å². The Labute approximate surface area is 153 Å². The molecule has 0 aliphatic rings. The molecular weight excluding hydrogens is 352 g/mol. The highest BCUT2D eigenvalue weighted by molar-refractivity contribution is 6.01. The molecular formula is C17H16N6O4. The average molecular weight is 368 g/mol. The van der Waals surface area contributed by atoms with Gasteiger partial charge in [-0.25, -0.2) is 15.1 Å². The van der Waals surface area contributed by atoms with E-state index in [1.165, 1.54) is 12.1 Å². The monoisotopic (exact) mass is 368 g/mol. The number of aryl methyl sites for hydroxylation is 1. The quantitative estimate of drug-likeness (QED) is 0.293. The van der Waals surface area contributed by atoms with Crippen LogP contribution in [0.4, 0.5) is 17.2 Å². The van der Waals surface area contributed by atoms with Gasteiger partial charge in [-0.1, -0.05) is 17.7 Å². The second-order valence-corrected chi connectivity index (χ2v) is 5.61. The van der Waals surface area contributed by atoms with Crippen molar-refractivity contribution >= 4 is 23.0 Å². The van der Waals surface area contributed by atoms with E-state index >= 15 is 0 Å². The van der Waals surface area contributed by atoms with Gasteiger partial charge in [-0.3, -0.25) is 15.0 Å². The molecule has 3 N–H and O–H groups in total. The third-order valence-electron chi connectivity index (χ3n) is 3.57. The van der Waals surface area contributed by atoms with E-state index in [1.54, 1.807) is 12.1 Å². The standard InChI is InChI=1S/C17H16N6O4/c1-11-2-6-13(7-3-11)19-17(15-16(18)21-27-20-15)22-26-10-12-4-8-14(9-5-12)23(24)25/h2-9H,10H2,1H3,(H2,18,21)(H,19,22). The van der Waals surface area contributed by atoms with Crippen LogP contribution in [-0.4, -0.2) is 21.1 Å². The van der Waals surface area contributed by atoms with E-state index in [2.05, 4.69) is 25.4 Å². The van der Waals surface area contributed by atoms with Gasteiger partial charge in [0.05, 0.1) is 17.2 Å². The number of hydroxylamine groups is 1. The summed E-state index contributed by atoms with van der Waals surface area (Å²) < 4.78 is 4.62. The Bertz CT molecular complexity index is 950. The van der Waals surface area contributed by atoms with Crippen LogP contribution in [0.15, 0.2) is 58.2 Å². The van der Waals surface area contributed by atoms with Crippen LogP contribution in [0.25, 0.3) is 0 Å². The van der Waals surface area contributed by atoms with Crippen LogP contribution in [0.1, 0.15) is 16.8 Å². The van der Waals surface area contributed by atoms with E-state index in [0.717, 1.165) is 11.1 Å². The number of aromatic nitrogens is 2. The molecule has 0 fully saturated rings. The number of nitrogens with one attached hydrogen (secondary N) is 1. The fraction of sp³-hybridized carbons (Fsp3) is 0.118. The molecule has 0 saturated heterocycles. The number of amidine groups is 1. The first-order valence-electron chi connectivity index (χ1n) is 7.88. The number of nitro benzene ring substituents is 1. The first-order chi connectivity index (χ1) is 13.0. The van der Waals surface area contributed by atoms with Gasteiger partial charge in [-0.2, -0.15) is 0 Å². The summed E-state index contributed by atoms with van der Waals surface area (Å²) in [5.74, 6) is 0.284. The first kappa shape index (κ1) is 18.0. The molecule has 10 nitrogen and oxygen atoms in total. The number of benzene rings is 2. The van der Waals surface area contributed by atoms with Gasteiger partial charge in [0.25, 0.3) is 5.69 Å². The van der Waals surface area contributed by atoms with Gasteiger partial charge in [0.2, 0.25) is 0 Å². The van der Waals surface area contributed by atoms with E-state index in [4.69, 9.17) is 10.6 Å². The molecule has 10 heteroatoms. The number of non-ortho nitro benzene ring substituents is 1. The zero-order valence-electron chi connectivity index (χ0n) is 14.3. The SMILES string of the molecule is Cc1ccc(N=C(NOCc2ccc([N+](=O)[O-])cc2)c2nonc2N)cc1. The lowest BCUT2D eigenvalue weighted by atomic mass is 10.2. The predicted octanol–water partition coefficient (Wildman–Crippen LogP) is 2.67. The molecule has 0 spiro atoms. The fourth-order valence-electron chi connectivity index (χ4n) is 2.13. The van der Waals surface area contributed by atoms with Crippen LogP contribution in [-0.2, 0) is 11.4 Å². The zero-order chi connectivity index (χ0) is 19.2. The highest BCUT2D eigenvalue weighted by Gasteiger charge is 2.15. The summed E-state index contributed by atoms with van der Waals surface area (Å²) in [6.45, 7) is 2.11. The second kappa shape index (κ2) is 8.06. The van der Waals surface area contributed by atoms with Crippen molar-refractivity contribution in [3.05, 3.63) is 75.5 Å². The van der Waals surface area contributed by atoms with Crippen molar-refractivity contribution in [2.24, 2.45) is 4.99 Å². The van der Waals surface area contributed by atoms with Crippen molar-refractivity contribution in [3.8, 4) is 0 Å². The Morgan fingerprint density at radius 2 is 1.93 bits per heavy atom. The van der Waals surface area contributed by atoms with Crippen LogP contribution in [0.2, 0.25) is 0 Å². The Hall–Kier alpha value is -3.79. The van der Waals surface area contributed by atoms with Crippen molar-refractivity contribution < 1.29 is 14.4 Å². The molecule has 0 radical (unpaired) electrons. The van der Waals surface area contributed by atoms with Crippen LogP contribution in [0.5, 0.6) is 0 Å². The summed E-state index contributed by atoms with van der Waals surface area (Å²) in [6.07, 6.45) is 0. The summed E-state index contributed by atoms with van der Waals surface area (Å²) >= 11 is 0. The average Bonchev–Trinajstić information content (AvgIpc) is 3.09. The number of nitrogens with zero attached hydrogens (tertiary/aromatic N) is 4. The minimum absolute atomic E-state index is 0.00905. The summed E-state index contributed by atoms with van der Waals surface area (Å²) in [7, 11) is 0. The predicted molar refractivity (Wildman–Crippen MR) is 97.1 cm³/mol. The molecule has 0 amide bonds. The van der Waals surface area contributed by atoms with Crippen molar-refractivity contribution in [1.82, 2.24) is 15.8 Å². The maximum absolute atomic E-state index is 10.7. The minimum Gasteiger partial charge on any atom is -0.379 e. The number of hydrogen-bond acceptors (Lipinski definition) is 8. The fourth-order valence-corrected chi connectivity index (χ4v) is 2.13. The summed E-state index contributed by atoms with van der Waals surface area (Å²) in [4.78, 5) is 20.1. The molecule has 0 aliphatic carbocycles. The maximum atomic E-state index is 10.7. The molecule has 3 aromatic rings. The minimum atomic E-state index is -0.463. The van der Waals surface area contributed by atoms with Gasteiger partial charge in [-0.15, -0.1) is 0 Å². The number of nitro groups is 1. The molecule has 1 aromatic heterocycles. The van der Waals surface area contributed by atoms with Crippen LogP contribution < -0.4 is 11.2 Å². The van der Waals surface area contributed by atoms with Gasteiger partial charge in [0, 0.05) is 12.1 Å². The van der Waals surface area contributed by atoms with Crippen LogP contribution in [0, 0.1) is 17.0 Å². The van der Waals surface area contributed by atoms with Crippen molar-refractivity contribution in [3.63, 3.8) is 0 Å². The topological polar surface area (TPSA) is 142 Å². The normalized spacial score (nSPS) is 11.4. The zero-order valence-corrected chi connectivity index (χ0v) is 14.3. The van der Waals surface area contributed by atoms with Crippen molar-refractivity contribution in [1.29, 1.82) is 0 Å². The first-order valence-corrected chi connectivity index (χ1v) is 7.88. The maximum Gasteiger partial charge on any atom is 0.269 e. The van der Waals surface area contributed by atoms with E-state index in [9.17, 15) is 10.1 Å². The molecule has 0 unspecified atom stereocenters. The number of aliphatic imine (C=N–C) groups is 1. The molecule has 27 heavy (non-hydrogen) atoms. The van der Waals surface area contributed by atoms with Gasteiger partial charge in [0.15, 0.2) is 17.3 Å². The second-order valence-electron chi connectivity index (χ2n) is 5.61. The molecule has 0 bridgehead atoms. The highest BCUT2D eigenvalue weighted by atomic mass is 16.6. The Balaban J connectivity index is 1.73. The number of rotatable bonds is 6. The van der Waals surface area contributed by atoms with Crippen molar-refractivity contribution in [2.75, 3.05) is 5.73 Å². The van der Waals surface area contributed by atoms with Gasteiger partial charge in [-0.05, 0) is 47.1 Å². The lowest BCUT2D eigenvalue weighted by Gasteiger charge is -2.08. The molecule has 0 atom stereocenters. The molecule has 0 saturated carbocycles. The molecule has 2 aromatic carbocycles. The van der Waals surface area contributed by atoms with E-state index in [1.807, 2.05) is 31.2 Å². The van der Waals surface area contributed by atoms with Crippen molar-refractivity contribution in [2.45, 2.75) is 13.5 Å². The van der Waals surface area contributed by atoms with Crippen LogP contribution >= 0.6 is 0 Å². The third-order valence-corrected chi connectivity index (χ3v) is 3.57. The lowest BCUT2D eigenvalue weighted by Crippen LogP contribution is -2.25. The molecule has 0 aliphatic heterocycles. The lowest BCUT2D eigenvalue weighted by molar-refractivity contribution is -0.384. The molecule has 1 heterocycles. The Morgan fingerprint density at radius 3 is 2.52 bits per heavy atom. The molecule has 3 rings (SSSR count). The Morgan fingerprint density at radius 1 is 1.22 bits per heavy atom. The van der Waals surface area contributed by atoms with Gasteiger partial charge in [0.1, 0.15) is 0 Å². The number of nitrogen functional groups attached to an aromatic ring is 1. The number of nitrogens with two attached hydrogens (primary N) is 1. The Kier molecular flexibility index (Phi) is 5.38. The van der Waals surface area contributed by atoms with Gasteiger partial charge >= 0.3 is 0 Å². The third kappa shape index (κ3) is 4.64. The highest BCUT2D eigenvalue weighted by Crippen LogP contribution is 2.16. The summed E-state index contributed by atoms with van der Waals surface area (Å²) in [5, 5.41) is 18.0. The van der Waals surface area contributed by atoms with E-state index in [0.29, 0.717) is 5.69 Å². The molecule has 138 valence electrons. The van der Waals surface area contributed by atoms with Gasteiger partial charge < -0.3 is 5.73 Å². The smallest absolute Gasteiger partial charge is 0.269 e. The summed E-state index contributed by atoms with van der Waals surface area (Å²) in [6, 6.07) is 13.5.